The first kappa shape index (κ1) is 28.2. The quantitative estimate of drug-likeness (QED) is 0.567. The summed E-state index contributed by atoms with van der Waals surface area (Å²) in [7, 11) is 0. The van der Waals surface area contributed by atoms with E-state index in [-0.39, 0.29) is 30.8 Å². The van der Waals surface area contributed by atoms with Gasteiger partial charge >= 0.3 is 27.5 Å². The summed E-state index contributed by atoms with van der Waals surface area (Å²) < 4.78 is 8.34. The molecule has 0 saturated heterocycles. The predicted octanol–water partition coefficient (Wildman–Crippen LogP) is -0.494. The molecule has 0 radical (unpaired) electrons. The van der Waals surface area contributed by atoms with Crippen LogP contribution in [0.2, 0.25) is 0 Å². The summed E-state index contributed by atoms with van der Waals surface area (Å²) in [5.41, 5.74) is 0. The molecule has 0 spiro atoms. The van der Waals surface area contributed by atoms with Crippen LogP contribution in [0.25, 0.3) is 0 Å². The van der Waals surface area contributed by atoms with Crippen molar-refractivity contribution < 1.29 is 56.9 Å². The molecule has 0 amide bonds. The van der Waals surface area contributed by atoms with E-state index in [0.717, 1.165) is 0 Å². The Balaban J connectivity index is -0.0000000976. The van der Waals surface area contributed by atoms with Crippen molar-refractivity contribution in [1.29, 1.82) is 0 Å². The molecule has 0 fully saturated rings. The Hall–Kier alpha value is -1.04. The molecule has 120 valence electrons. The van der Waals surface area contributed by atoms with Crippen molar-refractivity contribution in [3.05, 3.63) is 0 Å². The molecule has 7 nitrogen and oxygen atoms in total. The molecular formula is C13H22O7Zr. The Morgan fingerprint density at radius 1 is 0.762 bits per heavy atom. The van der Waals surface area contributed by atoms with Gasteiger partial charge in [-0.25, -0.2) is 0 Å². The Kier molecular flexibility index (Phi) is 32.2. The third-order valence-corrected chi connectivity index (χ3v) is 1.41. The number of carbonyl (C=O) groups is 4. The minimum atomic E-state index is -0.961. The molecule has 0 N–H and O–H groups in total. The van der Waals surface area contributed by atoms with E-state index >= 15 is 0 Å². The van der Waals surface area contributed by atoms with Crippen molar-refractivity contribution in [3.63, 3.8) is 0 Å². The van der Waals surface area contributed by atoms with Crippen LogP contribution in [0.4, 0.5) is 0 Å². The number of aliphatic carboxylic acids is 2. The Morgan fingerprint density at radius 2 is 1.00 bits per heavy atom. The zero-order chi connectivity index (χ0) is 17.8. The topological polar surface area (TPSA) is 131 Å². The number of ketones is 2. The van der Waals surface area contributed by atoms with Crippen LogP contribution in [0.1, 0.15) is 59.8 Å². The fraction of sp³-hybridized carbons (Fsp3) is 0.692. The molecule has 0 aromatic heterocycles. The average Bonchev–Trinajstić information content (AvgIpc) is 2.30. The predicted molar refractivity (Wildman–Crippen MR) is 66.5 cm³/mol. The van der Waals surface area contributed by atoms with Gasteiger partial charge < -0.3 is 19.8 Å². The van der Waals surface area contributed by atoms with E-state index in [2.05, 4.69) is 0 Å². The van der Waals surface area contributed by atoms with Gasteiger partial charge in [-0.15, -0.1) is 0 Å². The van der Waals surface area contributed by atoms with Crippen molar-refractivity contribution in [3.8, 4) is 0 Å². The van der Waals surface area contributed by atoms with E-state index in [1.807, 2.05) is 0 Å². The number of hydrogen-bond donors (Lipinski definition) is 0. The number of Topliss-reactive ketones (excluding diaryl/α,β-unsaturated/α-hetero) is 2. The van der Waals surface area contributed by atoms with Crippen LogP contribution in [0.15, 0.2) is 0 Å². The molecule has 0 atom stereocenters. The van der Waals surface area contributed by atoms with Gasteiger partial charge in [0.05, 0.1) is 6.42 Å². The molecule has 0 unspecified atom stereocenters. The normalized spacial score (nSPS) is 7.71. The van der Waals surface area contributed by atoms with E-state index in [9.17, 15) is 29.4 Å². The molecule has 0 bridgehead atoms. The summed E-state index contributed by atoms with van der Waals surface area (Å²) in [5.74, 6) is -2.05. The second-order valence-corrected chi connectivity index (χ2v) is 3.82. The molecule has 0 heterocycles. The number of carbonyl (C=O) groups excluding carboxylic acids is 4. The number of rotatable bonds is 6. The Bertz CT molecular complexity index is 275. The van der Waals surface area contributed by atoms with E-state index in [1.54, 1.807) is 13.8 Å². The third kappa shape index (κ3) is 67.9. The van der Waals surface area contributed by atoms with Crippen molar-refractivity contribution in [2.24, 2.45) is 0 Å². The monoisotopic (exact) mass is 380 g/mol. The van der Waals surface area contributed by atoms with Gasteiger partial charge in [-0.2, -0.15) is 0 Å². The van der Waals surface area contributed by atoms with Crippen LogP contribution in [-0.4, -0.2) is 23.5 Å². The van der Waals surface area contributed by atoms with E-state index in [1.165, 1.54) is 13.8 Å². The van der Waals surface area contributed by atoms with Gasteiger partial charge in [0.2, 0.25) is 0 Å². The zero-order valence-electron chi connectivity index (χ0n) is 12.9. The summed E-state index contributed by atoms with van der Waals surface area (Å²) in [6.07, 6.45) is 1.78. The molecular weight excluding hydrogens is 359 g/mol. The molecule has 0 aliphatic heterocycles. The molecule has 0 aliphatic carbocycles. The maximum absolute atomic E-state index is 10.0. The van der Waals surface area contributed by atoms with Crippen LogP contribution in [0, 0.1) is 0 Å². The van der Waals surface area contributed by atoms with Gasteiger partial charge in [0, 0.05) is 11.9 Å². The van der Waals surface area contributed by atoms with Crippen molar-refractivity contribution in [2.75, 3.05) is 0 Å². The van der Waals surface area contributed by atoms with Gasteiger partial charge in [0.15, 0.2) is 0 Å². The summed E-state index contributed by atoms with van der Waals surface area (Å²) in [6, 6.07) is 0. The molecule has 21 heavy (non-hydrogen) atoms. The number of carboxylic acid groups (broad SMARTS) is 2. The molecule has 8 heteroatoms. The van der Waals surface area contributed by atoms with Crippen LogP contribution in [-0.2, 0) is 46.7 Å². The molecule has 0 saturated carbocycles. The summed E-state index contributed by atoms with van der Waals surface area (Å²) in [6.45, 7) is 6.41. The first-order chi connectivity index (χ1) is 9.67. The second kappa shape index (κ2) is 24.0. The van der Waals surface area contributed by atoms with E-state index < -0.39 is 11.9 Å². The average molecular weight is 382 g/mol. The summed E-state index contributed by atoms with van der Waals surface area (Å²) in [4.78, 5) is 39.0. The van der Waals surface area contributed by atoms with Crippen LogP contribution < -0.4 is 10.2 Å². The van der Waals surface area contributed by atoms with E-state index in [0.29, 0.717) is 37.6 Å². The molecule has 0 aromatic carbocycles. The number of hydrogen-bond acceptors (Lipinski definition) is 7. The van der Waals surface area contributed by atoms with Gasteiger partial charge in [0.25, 0.3) is 0 Å². The summed E-state index contributed by atoms with van der Waals surface area (Å²) >= 11 is 0.300. The van der Waals surface area contributed by atoms with Crippen LogP contribution >= 0.6 is 0 Å². The fourth-order valence-corrected chi connectivity index (χ4v) is 0.759. The zero-order valence-corrected chi connectivity index (χ0v) is 15.4. The van der Waals surface area contributed by atoms with E-state index in [4.69, 9.17) is 2.81 Å². The van der Waals surface area contributed by atoms with Gasteiger partial charge in [-0.05, 0) is 26.7 Å². The first-order valence-electron chi connectivity index (χ1n) is 6.26. The van der Waals surface area contributed by atoms with Crippen molar-refractivity contribution in [2.45, 2.75) is 59.8 Å². The van der Waals surface area contributed by atoms with Gasteiger partial charge in [-0.3, -0.25) is 9.59 Å². The van der Waals surface area contributed by atoms with Crippen molar-refractivity contribution in [1.82, 2.24) is 0 Å². The van der Waals surface area contributed by atoms with Crippen molar-refractivity contribution >= 4 is 23.5 Å². The molecule has 0 aromatic rings. The summed E-state index contributed by atoms with van der Waals surface area (Å²) in [5, 5.41) is 19.0. The fourth-order valence-electron chi connectivity index (χ4n) is 0.759. The van der Waals surface area contributed by atoms with Gasteiger partial charge in [-0.1, -0.05) is 26.7 Å². The first-order valence-corrected chi connectivity index (χ1v) is 7.26. The maximum atomic E-state index is 10.0. The van der Waals surface area contributed by atoms with Crippen LogP contribution in [0.3, 0.4) is 0 Å². The SMILES string of the molecule is CC(=O)CC(C)=O.CCCC(=O)[O-].CCCC(=O)[O-].[O]=[Zr+2]. The minimum absolute atomic E-state index is 0.0625. The Labute approximate surface area is 140 Å². The second-order valence-electron chi connectivity index (χ2n) is 3.82. The van der Waals surface area contributed by atoms with Crippen LogP contribution in [0.5, 0.6) is 0 Å². The van der Waals surface area contributed by atoms with Gasteiger partial charge in [0.1, 0.15) is 11.6 Å². The molecule has 0 aliphatic rings. The Morgan fingerprint density at radius 3 is 1.00 bits per heavy atom. The molecule has 0 rings (SSSR count). The third-order valence-electron chi connectivity index (χ3n) is 1.41. The number of carboxylic acids is 2. The standard InChI is InChI=1S/C5H8O2.2C4H8O2.O.Zr/c1-4(6)3-5(2)7;2*1-2-3-4(5)6;;/h3H2,1-2H3;2*2-3H2,1H3,(H,5,6);;/q;;;;+2/p-2.